The summed E-state index contributed by atoms with van der Waals surface area (Å²) in [4.78, 5) is 13.2. The molecule has 0 fully saturated rings. The lowest BCUT2D eigenvalue weighted by Gasteiger charge is -2.11. The van der Waals surface area contributed by atoms with Crippen LogP contribution in [0, 0.1) is 0 Å². The van der Waals surface area contributed by atoms with Crippen LogP contribution < -0.4 is 10.1 Å². The Morgan fingerprint density at radius 3 is 2.92 bits per heavy atom. The van der Waals surface area contributed by atoms with Crippen molar-refractivity contribution in [3.8, 4) is 17.2 Å². The highest BCUT2D eigenvalue weighted by atomic mass is 32.2. The van der Waals surface area contributed by atoms with Crippen molar-refractivity contribution in [2.75, 3.05) is 12.9 Å². The molecule has 3 aromatic rings. The number of amides is 1. The van der Waals surface area contributed by atoms with E-state index in [2.05, 4.69) is 15.5 Å². The molecule has 130 valence electrons. The van der Waals surface area contributed by atoms with Gasteiger partial charge in [0, 0.05) is 4.88 Å². The monoisotopic (exact) mass is 375 g/mol. The van der Waals surface area contributed by atoms with E-state index in [1.807, 2.05) is 48.7 Å². The second-order valence-electron chi connectivity index (χ2n) is 5.17. The van der Waals surface area contributed by atoms with Gasteiger partial charge in [-0.25, -0.2) is 0 Å². The van der Waals surface area contributed by atoms with Gasteiger partial charge in [0.2, 0.25) is 5.91 Å². The van der Waals surface area contributed by atoms with Crippen molar-refractivity contribution < 1.29 is 13.9 Å². The van der Waals surface area contributed by atoms with Gasteiger partial charge in [-0.2, -0.15) is 0 Å². The fourth-order valence-corrected chi connectivity index (χ4v) is 3.53. The second kappa shape index (κ2) is 8.17. The molecule has 1 aromatic carbocycles. The van der Waals surface area contributed by atoms with Gasteiger partial charge >= 0.3 is 0 Å². The van der Waals surface area contributed by atoms with Crippen molar-refractivity contribution in [2.45, 2.75) is 18.2 Å². The fraction of sp³-hybridized carbons (Fsp3) is 0.235. The Labute approximate surface area is 153 Å². The van der Waals surface area contributed by atoms with Gasteiger partial charge in [-0.05, 0) is 30.5 Å². The smallest absolute Gasteiger partial charge is 0.277 e. The Hall–Kier alpha value is -2.32. The van der Waals surface area contributed by atoms with E-state index in [9.17, 15) is 4.79 Å². The molecule has 0 saturated carbocycles. The summed E-state index contributed by atoms with van der Waals surface area (Å²) < 4.78 is 10.9. The molecule has 0 bridgehead atoms. The second-order valence-corrected chi connectivity index (χ2v) is 7.07. The largest absolute Gasteiger partial charge is 0.496 e. The molecule has 25 heavy (non-hydrogen) atoms. The number of aromatic nitrogens is 2. The third-order valence-electron chi connectivity index (χ3n) is 3.42. The molecular weight excluding hydrogens is 358 g/mol. The number of ether oxygens (including phenoxy) is 1. The van der Waals surface area contributed by atoms with Crippen LogP contribution in [0.2, 0.25) is 0 Å². The van der Waals surface area contributed by atoms with Crippen molar-refractivity contribution in [1.82, 2.24) is 15.5 Å². The van der Waals surface area contributed by atoms with Crippen molar-refractivity contribution in [1.29, 1.82) is 0 Å². The molecule has 0 aliphatic heterocycles. The molecule has 0 aliphatic rings. The predicted molar refractivity (Wildman–Crippen MR) is 97.9 cm³/mol. The van der Waals surface area contributed by atoms with Crippen LogP contribution in [0.5, 0.6) is 5.75 Å². The molecular formula is C17H17N3O3S2. The molecule has 8 heteroatoms. The van der Waals surface area contributed by atoms with Gasteiger partial charge in [0.25, 0.3) is 11.1 Å². The van der Waals surface area contributed by atoms with Crippen LogP contribution in [0.25, 0.3) is 11.5 Å². The number of benzene rings is 1. The van der Waals surface area contributed by atoms with Gasteiger partial charge in [-0.15, -0.1) is 21.5 Å². The maximum absolute atomic E-state index is 12.1. The summed E-state index contributed by atoms with van der Waals surface area (Å²) in [6.07, 6.45) is 0. The van der Waals surface area contributed by atoms with Crippen LogP contribution in [0.3, 0.4) is 0 Å². The topological polar surface area (TPSA) is 77.2 Å². The molecule has 2 aromatic heterocycles. The number of thiophene rings is 1. The van der Waals surface area contributed by atoms with Crippen LogP contribution in [-0.2, 0) is 4.79 Å². The van der Waals surface area contributed by atoms with Crippen LogP contribution in [0.4, 0.5) is 0 Å². The van der Waals surface area contributed by atoms with Gasteiger partial charge in [-0.1, -0.05) is 30.0 Å². The number of carbonyl (C=O) groups excluding carboxylic acids is 1. The summed E-state index contributed by atoms with van der Waals surface area (Å²) in [5.74, 6) is 1.16. The molecule has 1 atom stereocenters. The molecule has 1 amide bonds. The highest BCUT2D eigenvalue weighted by Gasteiger charge is 2.15. The zero-order chi connectivity index (χ0) is 17.6. The molecule has 1 N–H and O–H groups in total. The molecule has 3 rings (SSSR count). The first kappa shape index (κ1) is 17.5. The van der Waals surface area contributed by atoms with E-state index in [0.717, 1.165) is 10.4 Å². The number of hydrogen-bond donors (Lipinski definition) is 1. The van der Waals surface area contributed by atoms with Crippen LogP contribution >= 0.6 is 23.1 Å². The van der Waals surface area contributed by atoms with Crippen molar-refractivity contribution in [2.24, 2.45) is 0 Å². The molecule has 1 unspecified atom stereocenters. The Balaban J connectivity index is 1.57. The number of methoxy groups -OCH3 is 1. The first-order chi connectivity index (χ1) is 12.2. The Kier molecular flexibility index (Phi) is 5.72. The molecule has 0 aliphatic carbocycles. The number of carbonyl (C=O) groups is 1. The first-order valence-corrected chi connectivity index (χ1v) is 9.46. The lowest BCUT2D eigenvalue weighted by Crippen LogP contribution is -2.27. The van der Waals surface area contributed by atoms with Crippen molar-refractivity contribution in [3.63, 3.8) is 0 Å². The predicted octanol–water partition coefficient (Wildman–Crippen LogP) is 3.78. The number of rotatable bonds is 7. The van der Waals surface area contributed by atoms with E-state index < -0.39 is 0 Å². The SMILES string of the molecule is COc1ccccc1-c1nnc(SCC(=O)NC(C)c2cccs2)o1. The van der Waals surface area contributed by atoms with Gasteiger partial charge in [0.1, 0.15) is 5.75 Å². The Morgan fingerprint density at radius 2 is 2.16 bits per heavy atom. The average Bonchev–Trinajstić information content (AvgIpc) is 3.31. The quantitative estimate of drug-likeness (QED) is 0.633. The van der Waals surface area contributed by atoms with E-state index in [4.69, 9.17) is 9.15 Å². The highest BCUT2D eigenvalue weighted by Crippen LogP contribution is 2.30. The summed E-state index contributed by atoms with van der Waals surface area (Å²) >= 11 is 2.82. The van der Waals surface area contributed by atoms with Crippen LogP contribution in [0.15, 0.2) is 51.4 Å². The summed E-state index contributed by atoms with van der Waals surface area (Å²) in [6.45, 7) is 1.96. The Bertz CT molecular complexity index is 833. The van der Waals surface area contributed by atoms with E-state index in [-0.39, 0.29) is 17.7 Å². The number of thioether (sulfide) groups is 1. The van der Waals surface area contributed by atoms with E-state index >= 15 is 0 Å². The summed E-state index contributed by atoms with van der Waals surface area (Å²) in [5, 5.41) is 13.3. The summed E-state index contributed by atoms with van der Waals surface area (Å²) in [6, 6.07) is 11.4. The molecule has 0 saturated heterocycles. The minimum Gasteiger partial charge on any atom is -0.496 e. The molecule has 2 heterocycles. The molecule has 6 nitrogen and oxygen atoms in total. The van der Waals surface area contributed by atoms with E-state index in [1.165, 1.54) is 11.8 Å². The third kappa shape index (κ3) is 4.40. The molecule has 0 spiro atoms. The van der Waals surface area contributed by atoms with Gasteiger partial charge in [0.05, 0.1) is 24.5 Å². The zero-order valence-electron chi connectivity index (χ0n) is 13.8. The molecule has 0 radical (unpaired) electrons. The zero-order valence-corrected chi connectivity index (χ0v) is 15.4. The lowest BCUT2D eigenvalue weighted by molar-refractivity contribution is -0.119. The maximum Gasteiger partial charge on any atom is 0.277 e. The minimum atomic E-state index is -0.0806. The standard InChI is InChI=1S/C17H17N3O3S2/c1-11(14-8-5-9-24-14)18-15(21)10-25-17-20-19-16(23-17)12-6-3-4-7-13(12)22-2/h3-9,11H,10H2,1-2H3,(H,18,21). The lowest BCUT2D eigenvalue weighted by atomic mass is 10.2. The van der Waals surface area contributed by atoms with Crippen molar-refractivity contribution >= 4 is 29.0 Å². The maximum atomic E-state index is 12.1. The van der Waals surface area contributed by atoms with Gasteiger partial charge < -0.3 is 14.5 Å². The van der Waals surface area contributed by atoms with Crippen LogP contribution in [-0.4, -0.2) is 29.0 Å². The normalized spacial score (nSPS) is 11.9. The van der Waals surface area contributed by atoms with E-state index in [0.29, 0.717) is 16.9 Å². The Morgan fingerprint density at radius 1 is 1.32 bits per heavy atom. The number of nitrogens with one attached hydrogen (secondary N) is 1. The van der Waals surface area contributed by atoms with Gasteiger partial charge in [0.15, 0.2) is 0 Å². The van der Waals surface area contributed by atoms with Crippen LogP contribution in [0.1, 0.15) is 17.8 Å². The van der Waals surface area contributed by atoms with E-state index in [1.54, 1.807) is 18.4 Å². The third-order valence-corrected chi connectivity index (χ3v) is 5.29. The first-order valence-electron chi connectivity index (χ1n) is 7.60. The number of nitrogens with zero attached hydrogens (tertiary/aromatic N) is 2. The number of para-hydroxylation sites is 1. The summed E-state index contributed by atoms with van der Waals surface area (Å²) in [5.41, 5.74) is 0.722. The minimum absolute atomic E-state index is 0.0140. The summed E-state index contributed by atoms with van der Waals surface area (Å²) in [7, 11) is 1.59. The van der Waals surface area contributed by atoms with Gasteiger partial charge in [-0.3, -0.25) is 4.79 Å². The van der Waals surface area contributed by atoms with Crippen molar-refractivity contribution in [3.05, 3.63) is 46.7 Å². The number of hydrogen-bond acceptors (Lipinski definition) is 7. The average molecular weight is 375 g/mol. The fourth-order valence-electron chi connectivity index (χ4n) is 2.22. The highest BCUT2D eigenvalue weighted by molar-refractivity contribution is 7.99.